The van der Waals surface area contributed by atoms with E-state index in [9.17, 15) is 4.79 Å². The summed E-state index contributed by atoms with van der Waals surface area (Å²) in [6, 6.07) is 10.0. The number of aromatic nitrogens is 4. The van der Waals surface area contributed by atoms with Gasteiger partial charge in [-0.25, -0.2) is 14.5 Å². The summed E-state index contributed by atoms with van der Waals surface area (Å²) in [5, 5.41) is 8.25. The van der Waals surface area contributed by atoms with Crippen molar-refractivity contribution in [3.8, 4) is 27.5 Å². The van der Waals surface area contributed by atoms with E-state index in [0.717, 1.165) is 61.7 Å². The number of pyridine rings is 1. The highest BCUT2D eigenvalue weighted by Crippen LogP contribution is 2.44. The summed E-state index contributed by atoms with van der Waals surface area (Å²) in [5.74, 6) is 0. The predicted molar refractivity (Wildman–Crippen MR) is 130 cm³/mol. The summed E-state index contributed by atoms with van der Waals surface area (Å²) < 4.78 is 12.9. The zero-order valence-corrected chi connectivity index (χ0v) is 20.4. The molecule has 1 aliphatic carbocycles. The number of ether oxygens (including phenoxy) is 2. The molecule has 1 aliphatic rings. The van der Waals surface area contributed by atoms with Gasteiger partial charge in [-0.15, -0.1) is 0 Å². The zero-order valence-electron chi connectivity index (χ0n) is 18.0. The van der Waals surface area contributed by atoms with E-state index in [2.05, 4.69) is 37.3 Å². The Morgan fingerprint density at radius 3 is 2.91 bits per heavy atom. The van der Waals surface area contributed by atoms with Crippen LogP contribution in [0, 0.1) is 0 Å². The van der Waals surface area contributed by atoms with E-state index in [0.29, 0.717) is 11.7 Å². The molecule has 33 heavy (non-hydrogen) atoms. The molecule has 0 saturated heterocycles. The minimum absolute atomic E-state index is 0.498. The topological polar surface area (TPSA) is 91.2 Å². The van der Waals surface area contributed by atoms with Crippen LogP contribution in [-0.4, -0.2) is 40.1 Å². The van der Waals surface area contributed by atoms with Gasteiger partial charge in [0.1, 0.15) is 0 Å². The molecule has 0 saturated carbocycles. The van der Waals surface area contributed by atoms with Gasteiger partial charge in [0, 0.05) is 35.1 Å². The van der Waals surface area contributed by atoms with Crippen molar-refractivity contribution in [2.75, 3.05) is 19.5 Å². The van der Waals surface area contributed by atoms with Gasteiger partial charge in [0.2, 0.25) is 0 Å². The molecule has 1 aromatic carbocycles. The Labute approximate surface area is 202 Å². The predicted octanol–water partition coefficient (Wildman–Crippen LogP) is 5.24. The van der Waals surface area contributed by atoms with E-state index in [1.165, 1.54) is 18.4 Å². The quantitative estimate of drug-likeness (QED) is 0.382. The normalized spacial score (nSPS) is 12.2. The van der Waals surface area contributed by atoms with Crippen LogP contribution in [0.3, 0.4) is 0 Å². The number of thiazole rings is 1. The van der Waals surface area contributed by atoms with Gasteiger partial charge >= 0.3 is 6.09 Å². The van der Waals surface area contributed by atoms with Crippen LogP contribution in [0.4, 0.5) is 9.93 Å². The van der Waals surface area contributed by atoms with Gasteiger partial charge in [-0.2, -0.15) is 5.10 Å². The highest BCUT2D eigenvalue weighted by Gasteiger charge is 2.30. The molecule has 8 nitrogen and oxygen atoms in total. The highest BCUT2D eigenvalue weighted by atomic mass is 79.9. The van der Waals surface area contributed by atoms with E-state index < -0.39 is 6.09 Å². The molecule has 5 rings (SSSR count). The smallest absolute Gasteiger partial charge is 0.413 e. The standard InChI is InChI=1S/C23H20BrN5O3S/c1-31-12-13-5-7-16(24)18(10-13)29-20-15(19(28-29)14-4-3-9-25-11-14)6-8-17-21(20)33-22(26-17)27-23(30)32-2/h3-5,7,9-11H,6,8,12H2,1-2H3,(H,26,27,30). The van der Waals surface area contributed by atoms with Crippen molar-refractivity contribution in [1.82, 2.24) is 19.7 Å². The van der Waals surface area contributed by atoms with E-state index in [4.69, 9.17) is 14.6 Å². The number of fused-ring (bicyclic) bond motifs is 3. The number of carbonyl (C=O) groups is 1. The Bertz CT molecular complexity index is 1340. The zero-order chi connectivity index (χ0) is 22.9. The first kappa shape index (κ1) is 21.7. The molecule has 1 N–H and O–H groups in total. The Morgan fingerprint density at radius 2 is 2.15 bits per heavy atom. The molecule has 4 aromatic rings. The number of aryl methyl sites for hydroxylation is 1. The lowest BCUT2D eigenvalue weighted by Crippen LogP contribution is -2.10. The number of methoxy groups -OCH3 is 2. The molecule has 0 fully saturated rings. The Balaban J connectivity index is 1.72. The van der Waals surface area contributed by atoms with E-state index in [1.807, 2.05) is 35.1 Å². The molecule has 0 atom stereocenters. The van der Waals surface area contributed by atoms with Crippen molar-refractivity contribution in [1.29, 1.82) is 0 Å². The van der Waals surface area contributed by atoms with Crippen LogP contribution < -0.4 is 5.32 Å². The Morgan fingerprint density at radius 1 is 1.27 bits per heavy atom. The van der Waals surface area contributed by atoms with Crippen LogP contribution in [0.15, 0.2) is 47.2 Å². The lowest BCUT2D eigenvalue weighted by atomic mass is 9.95. The highest BCUT2D eigenvalue weighted by molar-refractivity contribution is 9.10. The van der Waals surface area contributed by atoms with Crippen LogP contribution in [0.2, 0.25) is 0 Å². The summed E-state index contributed by atoms with van der Waals surface area (Å²) in [4.78, 5) is 21.7. The second kappa shape index (κ2) is 9.05. The minimum atomic E-state index is -0.541. The monoisotopic (exact) mass is 525 g/mol. The maximum atomic E-state index is 11.8. The number of rotatable bonds is 5. The molecule has 0 unspecified atom stereocenters. The number of hydrogen-bond acceptors (Lipinski definition) is 7. The molecule has 0 aliphatic heterocycles. The second-order valence-corrected chi connectivity index (χ2v) is 9.31. The lowest BCUT2D eigenvalue weighted by Gasteiger charge is -2.15. The first-order valence-corrected chi connectivity index (χ1v) is 11.8. The SMILES string of the molecule is COCc1ccc(Br)c(-n2nc(-c3cccnc3)c3c2-c2sc(NC(=O)OC)nc2CC3)c1. The van der Waals surface area contributed by atoms with E-state index in [1.54, 1.807) is 13.3 Å². The number of benzene rings is 1. The number of anilines is 1. The summed E-state index contributed by atoms with van der Waals surface area (Å²) in [6.45, 7) is 0.498. The van der Waals surface area contributed by atoms with Crippen LogP contribution in [0.5, 0.6) is 0 Å². The molecule has 1 amide bonds. The van der Waals surface area contributed by atoms with Gasteiger partial charge in [-0.05, 0) is 58.6 Å². The summed E-state index contributed by atoms with van der Waals surface area (Å²) in [5.41, 5.74) is 6.83. The van der Waals surface area contributed by atoms with Gasteiger partial charge in [0.25, 0.3) is 0 Å². The van der Waals surface area contributed by atoms with Gasteiger partial charge in [-0.3, -0.25) is 10.3 Å². The van der Waals surface area contributed by atoms with Crippen molar-refractivity contribution in [3.05, 3.63) is 64.0 Å². The molecule has 3 heterocycles. The first-order chi connectivity index (χ1) is 16.1. The first-order valence-electron chi connectivity index (χ1n) is 10.2. The van der Waals surface area contributed by atoms with Crippen molar-refractivity contribution in [2.45, 2.75) is 19.4 Å². The molecular formula is C23H20BrN5O3S. The number of hydrogen-bond donors (Lipinski definition) is 1. The number of carbonyl (C=O) groups excluding carboxylic acids is 1. The minimum Gasteiger partial charge on any atom is -0.453 e. The average Bonchev–Trinajstić information content (AvgIpc) is 3.42. The second-order valence-electron chi connectivity index (χ2n) is 7.46. The third-order valence-electron chi connectivity index (χ3n) is 5.39. The average molecular weight is 526 g/mol. The molecule has 0 spiro atoms. The summed E-state index contributed by atoms with van der Waals surface area (Å²) in [6.07, 6.45) is 4.58. The van der Waals surface area contributed by atoms with Gasteiger partial charge in [0.05, 0.1) is 41.4 Å². The largest absolute Gasteiger partial charge is 0.453 e. The van der Waals surface area contributed by atoms with Crippen LogP contribution in [0.1, 0.15) is 16.8 Å². The van der Waals surface area contributed by atoms with Crippen molar-refractivity contribution in [2.24, 2.45) is 0 Å². The van der Waals surface area contributed by atoms with Crippen LogP contribution in [-0.2, 0) is 28.9 Å². The van der Waals surface area contributed by atoms with Crippen LogP contribution in [0.25, 0.3) is 27.5 Å². The molecule has 168 valence electrons. The fourth-order valence-electron chi connectivity index (χ4n) is 3.95. The Hall–Kier alpha value is -3.08. The maximum absolute atomic E-state index is 11.8. The van der Waals surface area contributed by atoms with Crippen molar-refractivity contribution in [3.63, 3.8) is 0 Å². The van der Waals surface area contributed by atoms with Crippen molar-refractivity contribution < 1.29 is 14.3 Å². The molecule has 0 radical (unpaired) electrons. The van der Waals surface area contributed by atoms with Crippen LogP contribution >= 0.6 is 27.3 Å². The fourth-order valence-corrected chi connectivity index (χ4v) is 5.42. The molecule has 10 heteroatoms. The summed E-state index contributed by atoms with van der Waals surface area (Å²) in [7, 11) is 3.01. The number of amides is 1. The molecular weight excluding hydrogens is 506 g/mol. The number of nitrogens with one attached hydrogen (secondary N) is 1. The molecule has 0 bridgehead atoms. The van der Waals surface area contributed by atoms with Gasteiger partial charge < -0.3 is 9.47 Å². The van der Waals surface area contributed by atoms with Gasteiger partial charge in [-0.1, -0.05) is 17.4 Å². The number of halogens is 1. The fraction of sp³-hybridized carbons (Fsp3) is 0.217. The van der Waals surface area contributed by atoms with Crippen molar-refractivity contribution >= 4 is 38.5 Å². The third kappa shape index (κ3) is 4.05. The van der Waals surface area contributed by atoms with E-state index in [-0.39, 0.29) is 0 Å². The Kier molecular flexibility index (Phi) is 5.96. The van der Waals surface area contributed by atoms with Gasteiger partial charge in [0.15, 0.2) is 5.13 Å². The number of nitrogens with zero attached hydrogens (tertiary/aromatic N) is 4. The lowest BCUT2D eigenvalue weighted by molar-refractivity contribution is 0.185. The summed E-state index contributed by atoms with van der Waals surface area (Å²) >= 11 is 5.12. The van der Waals surface area contributed by atoms with E-state index >= 15 is 0 Å². The maximum Gasteiger partial charge on any atom is 0.413 e. The molecule has 3 aromatic heterocycles. The third-order valence-corrected chi connectivity index (χ3v) is 7.08.